The number of amides is 1. The largest absolute Gasteiger partial charge is 0.324 e. The Hall–Kier alpha value is -2.52. The molecule has 0 aromatic heterocycles. The average Bonchev–Trinajstić information content (AvgIpc) is 2.53. The van der Waals surface area contributed by atoms with Crippen molar-refractivity contribution in [1.82, 2.24) is 4.31 Å². The maximum Gasteiger partial charge on any atom is 0.304 e. The second kappa shape index (κ2) is 7.58. The van der Waals surface area contributed by atoms with Crippen molar-refractivity contribution in [2.75, 3.05) is 30.3 Å². The molecule has 1 N–H and O–H groups in total. The second-order valence-electron chi connectivity index (χ2n) is 5.31. The molecule has 0 radical (unpaired) electrons. The van der Waals surface area contributed by atoms with Gasteiger partial charge in [-0.15, -0.1) is 0 Å². The molecule has 0 fully saturated rings. The van der Waals surface area contributed by atoms with Crippen LogP contribution in [0.25, 0.3) is 0 Å². The summed E-state index contributed by atoms with van der Waals surface area (Å²) in [6.07, 6.45) is 0. The zero-order chi connectivity index (χ0) is 18.6. The smallest absolute Gasteiger partial charge is 0.304 e. The number of nitrogens with one attached hydrogen (secondary N) is 1. The van der Waals surface area contributed by atoms with E-state index in [0.717, 1.165) is 16.4 Å². The number of anilines is 2. The number of benzene rings is 2. The van der Waals surface area contributed by atoms with E-state index in [2.05, 4.69) is 5.32 Å². The first-order chi connectivity index (χ1) is 11.7. The minimum Gasteiger partial charge on any atom is -0.324 e. The van der Waals surface area contributed by atoms with Gasteiger partial charge in [0.2, 0.25) is 5.91 Å². The summed E-state index contributed by atoms with van der Waals surface area (Å²) in [6.45, 7) is -0.669. The summed E-state index contributed by atoms with van der Waals surface area (Å²) in [7, 11) is -1.58. The Morgan fingerprint density at radius 3 is 2.36 bits per heavy atom. The summed E-state index contributed by atoms with van der Waals surface area (Å²) in [5, 5.41) is 2.39. The lowest BCUT2D eigenvalue weighted by molar-refractivity contribution is -0.114. The van der Waals surface area contributed by atoms with Crippen LogP contribution in [0.15, 0.2) is 48.5 Å². The van der Waals surface area contributed by atoms with E-state index in [1.54, 1.807) is 0 Å². The molecule has 2 aromatic rings. The third kappa shape index (κ3) is 4.52. The number of hydrogen-bond donors (Lipinski definition) is 1. The van der Waals surface area contributed by atoms with Gasteiger partial charge in [-0.3, -0.25) is 4.79 Å². The van der Waals surface area contributed by atoms with Crippen LogP contribution in [0.4, 0.5) is 20.2 Å². The van der Waals surface area contributed by atoms with Gasteiger partial charge in [0.05, 0.1) is 5.69 Å². The van der Waals surface area contributed by atoms with E-state index >= 15 is 0 Å². The fourth-order valence-corrected chi connectivity index (χ4v) is 3.11. The van der Waals surface area contributed by atoms with Crippen molar-refractivity contribution in [2.45, 2.75) is 0 Å². The molecule has 0 unspecified atom stereocenters. The van der Waals surface area contributed by atoms with Crippen LogP contribution in [-0.4, -0.2) is 39.3 Å². The molecule has 6 nitrogen and oxygen atoms in total. The molecule has 0 bridgehead atoms. The van der Waals surface area contributed by atoms with E-state index in [-0.39, 0.29) is 11.4 Å². The summed E-state index contributed by atoms with van der Waals surface area (Å²) in [5.74, 6) is -2.07. The normalized spacial score (nSPS) is 11.4. The van der Waals surface area contributed by atoms with Crippen LogP contribution in [0.5, 0.6) is 0 Å². The fourth-order valence-electron chi connectivity index (χ4n) is 2.04. The van der Waals surface area contributed by atoms with Gasteiger partial charge in [0.25, 0.3) is 0 Å². The fraction of sp³-hybridized carbons (Fsp3) is 0.188. The van der Waals surface area contributed by atoms with Gasteiger partial charge >= 0.3 is 10.2 Å². The van der Waals surface area contributed by atoms with Crippen molar-refractivity contribution >= 4 is 27.5 Å². The quantitative estimate of drug-likeness (QED) is 0.849. The van der Waals surface area contributed by atoms with Crippen molar-refractivity contribution in [3.8, 4) is 0 Å². The molecule has 0 aliphatic heterocycles. The molecule has 0 aliphatic rings. The average molecular weight is 369 g/mol. The highest BCUT2D eigenvalue weighted by molar-refractivity contribution is 7.90. The highest BCUT2D eigenvalue weighted by Crippen LogP contribution is 2.23. The Bertz CT molecular complexity index is 872. The topological polar surface area (TPSA) is 69.7 Å². The van der Waals surface area contributed by atoms with E-state index in [1.807, 2.05) is 0 Å². The number of carbonyl (C=O) groups is 1. The molecule has 0 atom stereocenters. The molecule has 0 heterocycles. The number of nitrogens with zero attached hydrogens (tertiary/aromatic N) is 2. The zero-order valence-electron chi connectivity index (χ0n) is 13.6. The number of hydrogen-bond acceptors (Lipinski definition) is 3. The molecule has 2 aromatic carbocycles. The second-order valence-corrected chi connectivity index (χ2v) is 7.37. The van der Waals surface area contributed by atoms with E-state index in [1.165, 1.54) is 50.5 Å². The highest BCUT2D eigenvalue weighted by Gasteiger charge is 2.29. The molecule has 0 aliphatic carbocycles. The van der Waals surface area contributed by atoms with Gasteiger partial charge in [0.15, 0.2) is 0 Å². The van der Waals surface area contributed by atoms with Crippen LogP contribution in [0.1, 0.15) is 0 Å². The molecular weight excluding hydrogens is 352 g/mol. The minimum atomic E-state index is -4.12. The van der Waals surface area contributed by atoms with Crippen LogP contribution in [-0.2, 0) is 15.0 Å². The maximum absolute atomic E-state index is 14.1. The van der Waals surface area contributed by atoms with Gasteiger partial charge in [-0.05, 0) is 30.3 Å². The SMILES string of the molecule is CN(C)S(=O)(=O)N(CC(=O)Nc1cccc(F)c1)c1ccccc1F. The Kier molecular flexibility index (Phi) is 5.70. The first kappa shape index (κ1) is 18.8. The summed E-state index contributed by atoms with van der Waals surface area (Å²) in [5.41, 5.74) is -0.0914. The van der Waals surface area contributed by atoms with E-state index < -0.39 is 34.3 Å². The third-order valence-electron chi connectivity index (χ3n) is 3.26. The van der Waals surface area contributed by atoms with Crippen LogP contribution in [0.3, 0.4) is 0 Å². The van der Waals surface area contributed by atoms with E-state index in [4.69, 9.17) is 0 Å². The Balaban J connectivity index is 2.31. The lowest BCUT2D eigenvalue weighted by atomic mass is 10.3. The molecule has 134 valence electrons. The minimum absolute atomic E-state index is 0.167. The molecular formula is C16H17F2N3O3S. The van der Waals surface area contributed by atoms with Crippen molar-refractivity contribution in [1.29, 1.82) is 0 Å². The predicted octanol–water partition coefficient (Wildman–Crippen LogP) is 2.22. The molecule has 0 saturated heterocycles. The highest BCUT2D eigenvalue weighted by atomic mass is 32.2. The standard InChI is InChI=1S/C16H17F2N3O3S/c1-20(2)25(23,24)21(15-9-4-3-8-14(15)18)11-16(22)19-13-7-5-6-12(17)10-13/h3-10H,11H2,1-2H3,(H,19,22). The van der Waals surface area contributed by atoms with Gasteiger partial charge < -0.3 is 5.32 Å². The first-order valence-electron chi connectivity index (χ1n) is 7.22. The van der Waals surface area contributed by atoms with Crippen molar-refractivity contribution in [2.24, 2.45) is 0 Å². The van der Waals surface area contributed by atoms with Crippen LogP contribution in [0.2, 0.25) is 0 Å². The Labute approximate surface area is 144 Å². The number of carbonyl (C=O) groups excluding carboxylic acids is 1. The number of para-hydroxylation sites is 1. The maximum atomic E-state index is 14.1. The van der Waals surface area contributed by atoms with Gasteiger partial charge in [-0.25, -0.2) is 13.1 Å². The van der Waals surface area contributed by atoms with Crippen LogP contribution < -0.4 is 9.62 Å². The summed E-state index contributed by atoms with van der Waals surface area (Å²) in [6, 6.07) is 10.4. The predicted molar refractivity (Wildman–Crippen MR) is 91.4 cm³/mol. The molecule has 2 rings (SSSR count). The number of rotatable bonds is 6. The Morgan fingerprint density at radius 1 is 1.08 bits per heavy atom. The molecule has 1 amide bonds. The summed E-state index contributed by atoms with van der Waals surface area (Å²) in [4.78, 5) is 12.2. The monoisotopic (exact) mass is 369 g/mol. The summed E-state index contributed by atoms with van der Waals surface area (Å²) < 4.78 is 53.7. The molecule has 0 saturated carbocycles. The molecule has 0 spiro atoms. The molecule has 25 heavy (non-hydrogen) atoms. The van der Waals surface area contributed by atoms with Crippen molar-refractivity contribution in [3.63, 3.8) is 0 Å². The van der Waals surface area contributed by atoms with E-state index in [0.29, 0.717) is 4.31 Å². The molecule has 9 heteroatoms. The lowest BCUT2D eigenvalue weighted by Crippen LogP contribution is -2.44. The van der Waals surface area contributed by atoms with Crippen molar-refractivity contribution < 1.29 is 22.0 Å². The van der Waals surface area contributed by atoms with Gasteiger partial charge in [-0.1, -0.05) is 18.2 Å². The first-order valence-corrected chi connectivity index (χ1v) is 8.61. The Morgan fingerprint density at radius 2 is 1.76 bits per heavy atom. The van der Waals surface area contributed by atoms with Gasteiger partial charge in [0, 0.05) is 19.8 Å². The van der Waals surface area contributed by atoms with Crippen LogP contribution in [0, 0.1) is 11.6 Å². The zero-order valence-corrected chi connectivity index (χ0v) is 14.4. The third-order valence-corrected chi connectivity index (χ3v) is 5.06. The van der Waals surface area contributed by atoms with Crippen molar-refractivity contribution in [3.05, 3.63) is 60.2 Å². The van der Waals surface area contributed by atoms with Gasteiger partial charge in [-0.2, -0.15) is 12.7 Å². The van der Waals surface area contributed by atoms with Crippen LogP contribution >= 0.6 is 0 Å². The van der Waals surface area contributed by atoms with E-state index in [9.17, 15) is 22.0 Å². The lowest BCUT2D eigenvalue weighted by Gasteiger charge is -2.27. The van der Waals surface area contributed by atoms with Gasteiger partial charge in [0.1, 0.15) is 18.2 Å². The number of halogens is 2. The summed E-state index contributed by atoms with van der Waals surface area (Å²) >= 11 is 0.